The van der Waals surface area contributed by atoms with E-state index in [1.54, 1.807) is 0 Å². The molecule has 24 heavy (non-hydrogen) atoms. The molecule has 126 valence electrons. The van der Waals surface area contributed by atoms with Crippen LogP contribution >= 0.6 is 0 Å². The Balaban J connectivity index is 1.48. The number of nitrogens with two attached hydrogens (primary N) is 1. The Kier molecular flexibility index (Phi) is 4.00. The molecule has 1 aromatic carbocycles. The van der Waals surface area contributed by atoms with Crippen LogP contribution < -0.4 is 15.5 Å². The van der Waals surface area contributed by atoms with Gasteiger partial charge in [-0.1, -0.05) is 17.7 Å². The number of fused-ring (bicyclic) bond motifs is 1. The normalized spacial score (nSPS) is 17.7. The first kappa shape index (κ1) is 15.2. The zero-order chi connectivity index (χ0) is 16.5. The standard InChI is InChI=1S/C19H25N5/c1-14-6-8-15(9-7-14)23-10-12-24(13-11-23)19-21-17-5-3-2-4-16(17)18(20)22-19/h6-9H,2-5,10-13H2,1H3,(H2,20,21,22). The molecule has 2 heterocycles. The van der Waals surface area contributed by atoms with Crippen molar-refractivity contribution in [1.82, 2.24) is 9.97 Å². The molecular weight excluding hydrogens is 298 g/mol. The number of hydrogen-bond acceptors (Lipinski definition) is 5. The Labute approximate surface area is 143 Å². The molecule has 1 aliphatic heterocycles. The van der Waals surface area contributed by atoms with Gasteiger partial charge in [0.25, 0.3) is 0 Å². The number of aromatic nitrogens is 2. The second-order valence-electron chi connectivity index (χ2n) is 6.85. The van der Waals surface area contributed by atoms with Gasteiger partial charge < -0.3 is 15.5 Å². The lowest BCUT2D eigenvalue weighted by Gasteiger charge is -2.36. The minimum atomic E-state index is 0.690. The minimum Gasteiger partial charge on any atom is -0.383 e. The van der Waals surface area contributed by atoms with Gasteiger partial charge in [0.15, 0.2) is 0 Å². The van der Waals surface area contributed by atoms with Gasteiger partial charge in [0.2, 0.25) is 5.95 Å². The molecule has 2 aliphatic rings. The Bertz CT molecular complexity index is 717. The van der Waals surface area contributed by atoms with Crippen LogP contribution in [-0.2, 0) is 12.8 Å². The largest absolute Gasteiger partial charge is 0.383 e. The van der Waals surface area contributed by atoms with Crippen molar-refractivity contribution >= 4 is 17.5 Å². The predicted octanol–water partition coefficient (Wildman–Crippen LogP) is 2.57. The van der Waals surface area contributed by atoms with Crippen LogP contribution in [0.5, 0.6) is 0 Å². The van der Waals surface area contributed by atoms with Gasteiger partial charge in [0.1, 0.15) is 5.82 Å². The summed E-state index contributed by atoms with van der Waals surface area (Å²) in [5.74, 6) is 1.51. The number of anilines is 3. The Morgan fingerprint density at radius 2 is 1.54 bits per heavy atom. The maximum Gasteiger partial charge on any atom is 0.227 e. The first-order valence-electron chi connectivity index (χ1n) is 8.92. The molecular formula is C19H25N5. The molecule has 4 rings (SSSR count). The van der Waals surface area contributed by atoms with Crippen molar-refractivity contribution in [2.45, 2.75) is 32.6 Å². The third-order valence-electron chi connectivity index (χ3n) is 5.16. The number of rotatable bonds is 2. The van der Waals surface area contributed by atoms with Crippen molar-refractivity contribution in [2.75, 3.05) is 41.7 Å². The highest BCUT2D eigenvalue weighted by molar-refractivity contribution is 5.52. The van der Waals surface area contributed by atoms with Crippen molar-refractivity contribution in [1.29, 1.82) is 0 Å². The van der Waals surface area contributed by atoms with Gasteiger partial charge in [0.05, 0.1) is 5.69 Å². The number of aryl methyl sites for hydroxylation is 2. The van der Waals surface area contributed by atoms with Gasteiger partial charge >= 0.3 is 0 Å². The van der Waals surface area contributed by atoms with E-state index in [0.717, 1.165) is 45.0 Å². The molecule has 0 unspecified atom stereocenters. The van der Waals surface area contributed by atoms with Crippen LogP contribution in [0.15, 0.2) is 24.3 Å². The van der Waals surface area contributed by atoms with Crippen molar-refractivity contribution in [3.8, 4) is 0 Å². The highest BCUT2D eigenvalue weighted by Crippen LogP contribution is 2.26. The maximum atomic E-state index is 6.19. The summed E-state index contributed by atoms with van der Waals surface area (Å²) in [5.41, 5.74) is 11.1. The third kappa shape index (κ3) is 2.90. The fourth-order valence-corrected chi connectivity index (χ4v) is 3.67. The van der Waals surface area contributed by atoms with E-state index in [2.05, 4.69) is 46.0 Å². The van der Waals surface area contributed by atoms with Crippen LogP contribution in [0, 0.1) is 6.92 Å². The van der Waals surface area contributed by atoms with E-state index >= 15 is 0 Å². The number of hydrogen-bond donors (Lipinski definition) is 1. The smallest absolute Gasteiger partial charge is 0.227 e. The van der Waals surface area contributed by atoms with Crippen LogP contribution in [0.3, 0.4) is 0 Å². The molecule has 2 aromatic rings. The van der Waals surface area contributed by atoms with Gasteiger partial charge in [-0.3, -0.25) is 0 Å². The molecule has 2 N–H and O–H groups in total. The lowest BCUT2D eigenvalue weighted by molar-refractivity contribution is 0.626. The fourth-order valence-electron chi connectivity index (χ4n) is 3.67. The second kappa shape index (κ2) is 6.30. The lowest BCUT2D eigenvalue weighted by atomic mass is 9.96. The predicted molar refractivity (Wildman–Crippen MR) is 98.7 cm³/mol. The molecule has 1 saturated heterocycles. The van der Waals surface area contributed by atoms with Crippen LogP contribution in [0.1, 0.15) is 29.7 Å². The topological polar surface area (TPSA) is 58.3 Å². The van der Waals surface area contributed by atoms with Crippen LogP contribution in [-0.4, -0.2) is 36.1 Å². The van der Waals surface area contributed by atoms with Crippen LogP contribution in [0.25, 0.3) is 0 Å². The first-order valence-corrected chi connectivity index (χ1v) is 8.92. The van der Waals surface area contributed by atoms with Crippen molar-refractivity contribution < 1.29 is 0 Å². The molecule has 0 saturated carbocycles. The van der Waals surface area contributed by atoms with E-state index in [4.69, 9.17) is 10.7 Å². The zero-order valence-corrected chi connectivity index (χ0v) is 14.3. The molecule has 1 aromatic heterocycles. The minimum absolute atomic E-state index is 0.690. The lowest BCUT2D eigenvalue weighted by Crippen LogP contribution is -2.47. The average molecular weight is 323 g/mol. The van der Waals surface area contributed by atoms with Crippen LogP contribution in [0.2, 0.25) is 0 Å². The van der Waals surface area contributed by atoms with E-state index in [1.807, 2.05) is 0 Å². The summed E-state index contributed by atoms with van der Waals surface area (Å²) in [5, 5.41) is 0. The molecule has 5 heteroatoms. The Morgan fingerprint density at radius 1 is 0.875 bits per heavy atom. The van der Waals surface area contributed by atoms with Crippen molar-refractivity contribution in [2.24, 2.45) is 0 Å². The van der Waals surface area contributed by atoms with E-state index in [9.17, 15) is 0 Å². The Hall–Kier alpha value is -2.30. The summed E-state index contributed by atoms with van der Waals surface area (Å²) in [6, 6.07) is 8.76. The van der Waals surface area contributed by atoms with Crippen molar-refractivity contribution in [3.63, 3.8) is 0 Å². The highest BCUT2D eigenvalue weighted by atomic mass is 15.3. The van der Waals surface area contributed by atoms with Crippen LogP contribution in [0.4, 0.5) is 17.5 Å². The second-order valence-corrected chi connectivity index (χ2v) is 6.85. The van der Waals surface area contributed by atoms with Gasteiger partial charge in [-0.2, -0.15) is 4.98 Å². The summed E-state index contributed by atoms with van der Waals surface area (Å²) >= 11 is 0. The third-order valence-corrected chi connectivity index (χ3v) is 5.16. The Morgan fingerprint density at radius 3 is 2.29 bits per heavy atom. The maximum absolute atomic E-state index is 6.19. The first-order chi connectivity index (χ1) is 11.7. The zero-order valence-electron chi connectivity index (χ0n) is 14.3. The molecule has 0 radical (unpaired) electrons. The quantitative estimate of drug-likeness (QED) is 0.920. The number of nitrogen functional groups attached to an aromatic ring is 1. The molecule has 1 aliphatic carbocycles. The van der Waals surface area contributed by atoms with Gasteiger partial charge in [-0.25, -0.2) is 4.98 Å². The molecule has 0 bridgehead atoms. The number of piperazine rings is 1. The molecule has 1 fully saturated rings. The molecule has 0 spiro atoms. The summed E-state index contributed by atoms with van der Waals surface area (Å²) in [6.45, 7) is 5.98. The molecule has 5 nitrogen and oxygen atoms in total. The van der Waals surface area contributed by atoms with E-state index in [-0.39, 0.29) is 0 Å². The van der Waals surface area contributed by atoms with E-state index in [0.29, 0.717) is 5.82 Å². The van der Waals surface area contributed by atoms with Gasteiger partial charge in [-0.15, -0.1) is 0 Å². The number of nitrogens with zero attached hydrogens (tertiary/aromatic N) is 4. The molecule has 0 atom stereocenters. The number of benzene rings is 1. The SMILES string of the molecule is Cc1ccc(N2CCN(c3nc(N)c4c(n3)CCCC4)CC2)cc1. The average Bonchev–Trinajstić information content (AvgIpc) is 2.62. The summed E-state index contributed by atoms with van der Waals surface area (Å²) < 4.78 is 0. The van der Waals surface area contributed by atoms with Crippen molar-refractivity contribution in [3.05, 3.63) is 41.1 Å². The summed E-state index contributed by atoms with van der Waals surface area (Å²) in [6.07, 6.45) is 4.49. The molecule has 0 amide bonds. The van der Waals surface area contributed by atoms with Gasteiger partial charge in [-0.05, 0) is 44.7 Å². The summed E-state index contributed by atoms with van der Waals surface area (Å²) in [7, 11) is 0. The fraction of sp³-hybridized carbons (Fsp3) is 0.474. The van der Waals surface area contributed by atoms with Gasteiger partial charge in [0, 0.05) is 37.4 Å². The highest BCUT2D eigenvalue weighted by Gasteiger charge is 2.22. The summed E-state index contributed by atoms with van der Waals surface area (Å²) in [4.78, 5) is 14.1. The monoisotopic (exact) mass is 323 g/mol. The van der Waals surface area contributed by atoms with E-state index in [1.165, 1.54) is 35.3 Å². The van der Waals surface area contributed by atoms with E-state index < -0.39 is 0 Å².